The first-order chi connectivity index (χ1) is 13.1. The van der Waals surface area contributed by atoms with Crippen LogP contribution in [-0.2, 0) is 4.74 Å². The van der Waals surface area contributed by atoms with E-state index in [1.165, 1.54) is 25.2 Å². The number of hydrogen-bond donors (Lipinski definition) is 4. The number of hydrogen-bond acceptors (Lipinski definition) is 8. The van der Waals surface area contributed by atoms with Gasteiger partial charge in [-0.15, -0.1) is 0 Å². The van der Waals surface area contributed by atoms with Crippen LogP contribution in [0, 0.1) is 22.7 Å². The third kappa shape index (κ3) is 19.1. The third-order valence-electron chi connectivity index (χ3n) is 3.06. The summed E-state index contributed by atoms with van der Waals surface area (Å²) in [5.41, 5.74) is 10.6. The fourth-order valence-electron chi connectivity index (χ4n) is 1.50. The van der Waals surface area contributed by atoms with Gasteiger partial charge in [-0.05, 0) is 38.7 Å². The maximum Gasteiger partial charge on any atom is 1.00 e. The molecule has 0 aromatic carbocycles. The Morgan fingerprint density at radius 2 is 1.96 bits per heavy atom. The molecule has 1 aromatic rings. The van der Waals surface area contributed by atoms with E-state index in [1.807, 2.05) is 6.92 Å². The van der Waals surface area contributed by atoms with Crippen LogP contribution in [0.25, 0.3) is 0 Å². The van der Waals surface area contributed by atoms with E-state index in [0.717, 1.165) is 32.9 Å². The molecule has 2 aliphatic carbocycles. The van der Waals surface area contributed by atoms with Crippen molar-refractivity contribution in [3.05, 3.63) is 30.4 Å². The average Bonchev–Trinajstić information content (AvgIpc) is 3.59. The van der Waals surface area contributed by atoms with Crippen LogP contribution in [0.2, 0.25) is 0 Å². The van der Waals surface area contributed by atoms with Gasteiger partial charge in [-0.1, -0.05) is 0 Å². The molecule has 0 spiro atoms. The molecule has 152 valence electrons. The second-order valence-corrected chi connectivity index (χ2v) is 5.23. The van der Waals surface area contributed by atoms with Gasteiger partial charge in [-0.2, -0.15) is 12.4 Å². The summed E-state index contributed by atoms with van der Waals surface area (Å²) in [7, 11) is 1.75. The van der Waals surface area contributed by atoms with Crippen LogP contribution in [0.5, 0.6) is 0 Å². The van der Waals surface area contributed by atoms with E-state index in [2.05, 4.69) is 14.7 Å². The molecule has 2 saturated carbocycles. The van der Waals surface area contributed by atoms with Crippen LogP contribution in [0.4, 0.5) is 5.82 Å². The van der Waals surface area contributed by atoms with Gasteiger partial charge < -0.3 is 26.4 Å². The molecule has 2 fully saturated rings. The first-order valence-electron chi connectivity index (χ1n) is 8.52. The largest absolute Gasteiger partial charge is 1.00 e. The normalized spacial score (nSPS) is 13.1. The fourth-order valence-corrected chi connectivity index (χ4v) is 1.50. The molecule has 3 rings (SSSR count). The summed E-state index contributed by atoms with van der Waals surface area (Å²) in [6.07, 6.45) is 9.14. The maximum absolute atomic E-state index is 8.25. The predicted octanol–water partition coefficient (Wildman–Crippen LogP) is -2.08. The summed E-state index contributed by atoms with van der Waals surface area (Å²) in [4.78, 5) is 8.21. The van der Waals surface area contributed by atoms with Crippen molar-refractivity contribution < 1.29 is 44.5 Å². The van der Waals surface area contributed by atoms with Crippen molar-refractivity contribution >= 4 is 11.7 Å². The van der Waals surface area contributed by atoms with Gasteiger partial charge in [-0.3, -0.25) is 5.41 Å². The van der Waals surface area contributed by atoms with Crippen LogP contribution in [0.3, 0.4) is 0 Å². The van der Waals surface area contributed by atoms with Crippen molar-refractivity contribution in [2.45, 2.75) is 38.5 Å². The van der Waals surface area contributed by atoms with E-state index < -0.39 is 0 Å². The molecule has 28 heavy (non-hydrogen) atoms. The number of nitrogen functional groups attached to an aromatic ring is 1. The first-order valence-corrected chi connectivity index (χ1v) is 8.52. The Labute approximate surface area is 189 Å². The van der Waals surface area contributed by atoms with Gasteiger partial charge in [0.15, 0.2) is 0 Å². The number of allylic oxidation sites excluding steroid dienone is 1. The summed E-state index contributed by atoms with van der Waals surface area (Å²) < 4.78 is 4.67. The number of aliphatic hydroxyl groups is 1. The van der Waals surface area contributed by atoms with Crippen molar-refractivity contribution in [1.29, 1.82) is 10.7 Å². The molecule has 10 heteroatoms. The number of amidine groups is 1. The number of ether oxygens (including phenoxy) is 1. The number of nitrogens with zero attached hydrogens (tertiary/aromatic N) is 3. The minimum Gasteiger partial charge on any atom is -0.857 e. The van der Waals surface area contributed by atoms with Crippen LogP contribution in [0.1, 0.15) is 44.3 Å². The SMILES string of the molecule is CCO/C=C/C#N.CO.C[O-].N=C(N)C1CC1.Nc1ccnc(C2CC2)n1.[Na+]. The summed E-state index contributed by atoms with van der Waals surface area (Å²) in [6, 6.07) is 3.51. The molecule has 0 amide bonds. The number of nitriles is 1. The molecule has 9 nitrogen and oxygen atoms in total. The van der Waals surface area contributed by atoms with Gasteiger partial charge >= 0.3 is 29.6 Å². The zero-order valence-corrected chi connectivity index (χ0v) is 19.3. The Morgan fingerprint density at radius 3 is 2.29 bits per heavy atom. The van der Waals surface area contributed by atoms with Gasteiger partial charge in [0.05, 0.1) is 30.8 Å². The Hall–Kier alpha value is -1.70. The van der Waals surface area contributed by atoms with E-state index in [9.17, 15) is 0 Å². The summed E-state index contributed by atoms with van der Waals surface area (Å²) in [6.45, 7) is 2.49. The van der Waals surface area contributed by atoms with Gasteiger partial charge in [0.1, 0.15) is 11.6 Å². The Morgan fingerprint density at radius 1 is 1.39 bits per heavy atom. The first kappa shape index (κ1) is 31.0. The van der Waals surface area contributed by atoms with Crippen molar-refractivity contribution in [3.63, 3.8) is 0 Å². The standard InChI is InChI=1S/C7H9N3.C5H7NO.C4H8N2.CH4O.CH3O.Na/c8-6-3-4-9-7(10-6)5-1-2-5;1-2-7-5-3-4-6;5-4(6)3-1-2-3;2*1-2;/h3-5H,1-2H2,(H2,8,9,10);3,5H,2H2,1H3;3H,1-2H2,(H3,5,6);2H,1H3;1H3;/q;;;;-1;+1/b;5-3+;;;;. The second kappa shape index (κ2) is 21.6. The van der Waals surface area contributed by atoms with Gasteiger partial charge in [-0.25, -0.2) is 9.97 Å². The number of aromatic nitrogens is 2. The predicted molar refractivity (Wildman–Crippen MR) is 104 cm³/mol. The van der Waals surface area contributed by atoms with Crippen molar-refractivity contribution in [2.75, 3.05) is 26.6 Å². The molecule has 1 heterocycles. The Balaban J connectivity index is -0.000000312. The summed E-state index contributed by atoms with van der Waals surface area (Å²) in [5.74, 6) is 2.93. The summed E-state index contributed by atoms with van der Waals surface area (Å²) in [5, 5.41) is 29.9. The minimum atomic E-state index is 0. The monoisotopic (exact) mass is 402 g/mol. The quantitative estimate of drug-likeness (QED) is 0.146. The van der Waals surface area contributed by atoms with Crippen molar-refractivity contribution in [1.82, 2.24) is 9.97 Å². The molecule has 0 bridgehead atoms. The molecule has 1 aromatic heterocycles. The molecule has 6 N–H and O–H groups in total. The maximum atomic E-state index is 8.25. The van der Waals surface area contributed by atoms with E-state index >= 15 is 0 Å². The third-order valence-corrected chi connectivity index (χ3v) is 3.06. The molecule has 0 atom stereocenters. The van der Waals surface area contributed by atoms with Crippen molar-refractivity contribution in [3.8, 4) is 6.07 Å². The number of aliphatic hydroxyl groups excluding tert-OH is 1. The van der Waals surface area contributed by atoms with Crippen LogP contribution >= 0.6 is 0 Å². The molecular formula is C18H31N6NaO3. The van der Waals surface area contributed by atoms with E-state index in [4.69, 9.17) is 32.4 Å². The molecule has 0 unspecified atom stereocenters. The average molecular weight is 402 g/mol. The minimum absolute atomic E-state index is 0. The Kier molecular flexibility index (Phi) is 23.9. The van der Waals surface area contributed by atoms with E-state index in [-0.39, 0.29) is 29.6 Å². The zero-order valence-electron chi connectivity index (χ0n) is 17.3. The van der Waals surface area contributed by atoms with Crippen LogP contribution in [0.15, 0.2) is 24.6 Å². The van der Waals surface area contributed by atoms with Gasteiger partial charge in [0.2, 0.25) is 0 Å². The number of nitrogens with one attached hydrogen (secondary N) is 1. The number of rotatable bonds is 4. The van der Waals surface area contributed by atoms with Gasteiger partial charge in [0.25, 0.3) is 0 Å². The zero-order chi connectivity index (χ0) is 21.1. The van der Waals surface area contributed by atoms with Crippen LogP contribution < -0.4 is 46.1 Å². The molecular weight excluding hydrogens is 371 g/mol. The Bertz CT molecular complexity index is 573. The number of anilines is 1. The topological polar surface area (TPSA) is 178 Å². The van der Waals surface area contributed by atoms with E-state index in [1.54, 1.807) is 18.3 Å². The molecule has 0 aliphatic heterocycles. The second-order valence-electron chi connectivity index (χ2n) is 5.23. The van der Waals surface area contributed by atoms with Gasteiger partial charge in [0, 0.05) is 25.1 Å². The smallest absolute Gasteiger partial charge is 0.857 e. The molecule has 0 saturated heterocycles. The molecule has 0 radical (unpaired) electrons. The van der Waals surface area contributed by atoms with Crippen LogP contribution in [-0.4, -0.2) is 41.7 Å². The fraction of sp³-hybridized carbons (Fsp3) is 0.556. The van der Waals surface area contributed by atoms with Crippen molar-refractivity contribution in [2.24, 2.45) is 11.7 Å². The van der Waals surface area contributed by atoms with E-state index in [0.29, 0.717) is 30.1 Å². The molecule has 2 aliphatic rings. The number of nitrogens with two attached hydrogens (primary N) is 2. The summed E-state index contributed by atoms with van der Waals surface area (Å²) >= 11 is 0.